The molecule has 4 aliphatic heterocycles. The van der Waals surface area contributed by atoms with E-state index in [9.17, 15) is 19.2 Å². The van der Waals surface area contributed by atoms with Crippen molar-refractivity contribution in [1.82, 2.24) is 10.6 Å². The Morgan fingerprint density at radius 3 is 2.54 bits per heavy atom. The molecule has 12 nitrogen and oxygen atoms in total. The molecule has 4 heterocycles. The number of rotatable bonds is 11. The molecule has 39 heavy (non-hydrogen) atoms. The van der Waals surface area contributed by atoms with Crippen molar-refractivity contribution in [3.05, 3.63) is 0 Å². The summed E-state index contributed by atoms with van der Waals surface area (Å²) in [6.07, 6.45) is 2.13. The molecule has 2 amide bonds. The Hall–Kier alpha value is -1.93. The van der Waals surface area contributed by atoms with Crippen molar-refractivity contribution in [2.75, 3.05) is 12.3 Å². The van der Waals surface area contributed by atoms with E-state index >= 15 is 0 Å². The highest BCUT2D eigenvalue weighted by Crippen LogP contribution is 2.60. The van der Waals surface area contributed by atoms with Crippen molar-refractivity contribution in [2.45, 2.75) is 102 Å². The highest BCUT2D eigenvalue weighted by atomic mass is 32.1. The molecule has 0 radical (unpaired) electrons. The monoisotopic (exact) mass is 572 g/mol. The number of nitrogens with one attached hydrogen (secondary N) is 2. The molecule has 5 fully saturated rings. The summed E-state index contributed by atoms with van der Waals surface area (Å²) in [6.45, 7) is 6.26. The summed E-state index contributed by atoms with van der Waals surface area (Å²) in [7, 11) is 0. The Labute approximate surface area is 233 Å². The Morgan fingerprint density at radius 2 is 1.82 bits per heavy atom. The molecule has 5 aliphatic rings. The van der Waals surface area contributed by atoms with E-state index < -0.39 is 47.9 Å². The lowest BCUT2D eigenvalue weighted by molar-refractivity contribution is -0.576. The van der Waals surface area contributed by atoms with Crippen LogP contribution in [-0.4, -0.2) is 71.2 Å². The molecule has 13 heteroatoms. The van der Waals surface area contributed by atoms with Gasteiger partial charge in [-0.1, -0.05) is 13.8 Å². The van der Waals surface area contributed by atoms with Crippen molar-refractivity contribution in [2.24, 2.45) is 23.7 Å². The minimum Gasteiger partial charge on any atom is -0.480 e. The van der Waals surface area contributed by atoms with Crippen LogP contribution in [0.4, 0.5) is 0 Å². The Bertz CT molecular complexity index is 952. The van der Waals surface area contributed by atoms with E-state index in [1.165, 1.54) is 0 Å². The van der Waals surface area contributed by atoms with Gasteiger partial charge in [-0.3, -0.25) is 14.4 Å². The molecule has 1 saturated carbocycles. The first-order valence-corrected chi connectivity index (χ1v) is 14.4. The van der Waals surface area contributed by atoms with Crippen LogP contribution in [0.5, 0.6) is 0 Å². The van der Waals surface area contributed by atoms with Crippen molar-refractivity contribution >= 4 is 36.4 Å². The third-order valence-electron chi connectivity index (χ3n) is 8.62. The second-order valence-electron chi connectivity index (χ2n) is 11.4. The molecule has 0 unspecified atom stereocenters. The van der Waals surface area contributed by atoms with E-state index in [4.69, 9.17) is 29.1 Å². The van der Waals surface area contributed by atoms with Crippen molar-refractivity contribution in [3.63, 3.8) is 0 Å². The topological polar surface area (TPSA) is 159 Å². The van der Waals surface area contributed by atoms with Crippen LogP contribution >= 0.6 is 12.6 Å². The zero-order chi connectivity index (χ0) is 28.4. The molecule has 3 N–H and O–H groups in total. The average molecular weight is 573 g/mol. The SMILES string of the molecule is C[C@@H]1[C@H](OC(=O)CCC(=O)NCCCC(=O)N[C@@H](CS)C(=O)O)O[C@H]2O[C@]3(C)CC[C@H]4[C@H](C)CC[C@H]1[C@@]24OO3. The fraction of sp³-hybridized carbons (Fsp3) is 0.846. The second kappa shape index (κ2) is 12.3. The van der Waals surface area contributed by atoms with Crippen molar-refractivity contribution in [1.29, 1.82) is 0 Å². The maximum absolute atomic E-state index is 12.7. The molecular weight excluding hydrogens is 532 g/mol. The predicted molar refractivity (Wildman–Crippen MR) is 138 cm³/mol. The van der Waals surface area contributed by atoms with Gasteiger partial charge in [0.05, 0.1) is 6.42 Å². The summed E-state index contributed by atoms with van der Waals surface area (Å²) in [5, 5.41) is 14.0. The van der Waals surface area contributed by atoms with E-state index in [0.29, 0.717) is 18.8 Å². The van der Waals surface area contributed by atoms with Gasteiger partial charge in [0.1, 0.15) is 6.04 Å². The molecule has 4 saturated heterocycles. The second-order valence-corrected chi connectivity index (χ2v) is 11.7. The maximum atomic E-state index is 12.7. The number of carbonyl (C=O) groups is 4. The van der Waals surface area contributed by atoms with Crippen LogP contribution in [0.15, 0.2) is 0 Å². The number of amides is 2. The number of aliphatic carboxylic acids is 1. The number of hydrogen-bond acceptors (Lipinski definition) is 10. The van der Waals surface area contributed by atoms with Gasteiger partial charge in [0.2, 0.25) is 23.9 Å². The number of carboxylic acids is 1. The van der Waals surface area contributed by atoms with E-state index in [2.05, 4.69) is 30.2 Å². The van der Waals surface area contributed by atoms with Gasteiger partial charge in [-0.05, 0) is 44.4 Å². The number of hydrogen-bond donors (Lipinski definition) is 4. The normalized spacial score (nSPS) is 37.6. The fourth-order valence-corrected chi connectivity index (χ4v) is 6.68. The van der Waals surface area contributed by atoms with Gasteiger partial charge >= 0.3 is 11.9 Å². The predicted octanol–water partition coefficient (Wildman–Crippen LogP) is 1.91. The molecule has 0 aromatic carbocycles. The van der Waals surface area contributed by atoms with Crippen LogP contribution in [0.2, 0.25) is 0 Å². The highest BCUT2D eigenvalue weighted by Gasteiger charge is 2.69. The quantitative estimate of drug-likeness (QED) is 0.125. The molecular formula is C26H40N2O10S. The van der Waals surface area contributed by atoms with Crippen LogP contribution in [-0.2, 0) is 43.2 Å². The summed E-state index contributed by atoms with van der Waals surface area (Å²) in [5.41, 5.74) is -0.742. The van der Waals surface area contributed by atoms with Crippen LogP contribution in [0.1, 0.15) is 72.1 Å². The summed E-state index contributed by atoms with van der Waals surface area (Å²) >= 11 is 3.89. The van der Waals surface area contributed by atoms with Gasteiger partial charge < -0.3 is 30.0 Å². The maximum Gasteiger partial charge on any atom is 0.327 e. The molecule has 1 spiro atoms. The fourth-order valence-electron chi connectivity index (χ4n) is 6.43. The summed E-state index contributed by atoms with van der Waals surface area (Å²) in [5.74, 6) is -2.93. The highest BCUT2D eigenvalue weighted by molar-refractivity contribution is 7.80. The van der Waals surface area contributed by atoms with Gasteiger partial charge in [-0.2, -0.15) is 12.6 Å². The summed E-state index contributed by atoms with van der Waals surface area (Å²) < 4.78 is 18.2. The minimum atomic E-state index is -1.16. The van der Waals surface area contributed by atoms with Gasteiger partial charge in [0.15, 0.2) is 11.9 Å². The largest absolute Gasteiger partial charge is 0.480 e. The Balaban J connectivity index is 1.23. The average Bonchev–Trinajstić information content (AvgIpc) is 3.12. The third kappa shape index (κ3) is 6.37. The molecule has 0 aromatic heterocycles. The van der Waals surface area contributed by atoms with E-state index in [1.54, 1.807) is 0 Å². The third-order valence-corrected chi connectivity index (χ3v) is 8.98. The zero-order valence-corrected chi connectivity index (χ0v) is 23.6. The lowest BCUT2D eigenvalue weighted by atomic mass is 9.58. The van der Waals surface area contributed by atoms with Gasteiger partial charge in [-0.25, -0.2) is 14.6 Å². The van der Waals surface area contributed by atoms with E-state index in [1.807, 2.05) is 13.8 Å². The summed E-state index contributed by atoms with van der Waals surface area (Å²) in [4.78, 5) is 59.5. The summed E-state index contributed by atoms with van der Waals surface area (Å²) in [6, 6.07) is -1.06. The molecule has 0 aromatic rings. The standard InChI is InChI=1S/C26H40N2O10S/c1-14-6-7-17-15(2)23(35-24-26(17)16(14)10-11-25(3,36-24)37-38-26)34-21(31)9-8-19(29)27-12-4-5-20(30)28-18(13-39)22(32)33/h14-18,23-24,39H,4-13H2,1-3H3,(H,27,29)(H,28,30)(H,32,33)/t14-,15+,16+,17-,18+,23-,24+,25+,26-/m1/s1. The van der Waals surface area contributed by atoms with Gasteiger partial charge in [0.25, 0.3) is 0 Å². The van der Waals surface area contributed by atoms with Crippen LogP contribution in [0.25, 0.3) is 0 Å². The molecule has 5 rings (SSSR count). The number of esters is 1. The Kier molecular flexibility index (Phi) is 9.47. The first-order chi connectivity index (χ1) is 18.5. The van der Waals surface area contributed by atoms with Crippen molar-refractivity contribution < 1.29 is 48.3 Å². The lowest BCUT2D eigenvalue weighted by Crippen LogP contribution is -2.70. The molecule has 9 atom stereocenters. The number of thiol groups is 1. The molecule has 1 aliphatic carbocycles. The van der Waals surface area contributed by atoms with E-state index in [0.717, 1.165) is 19.3 Å². The molecule has 220 valence electrons. The van der Waals surface area contributed by atoms with Gasteiger partial charge in [0, 0.05) is 43.4 Å². The smallest absolute Gasteiger partial charge is 0.327 e. The minimum absolute atomic E-state index is 0.0188. The van der Waals surface area contributed by atoms with E-state index in [-0.39, 0.29) is 55.2 Å². The molecule has 2 bridgehead atoms. The number of carbonyl (C=O) groups excluding carboxylic acids is 3. The van der Waals surface area contributed by atoms with Crippen LogP contribution in [0.3, 0.4) is 0 Å². The number of carboxylic acid groups (broad SMARTS) is 1. The first-order valence-electron chi connectivity index (χ1n) is 13.8. The number of fused-ring (bicyclic) bond motifs is 2. The van der Waals surface area contributed by atoms with Crippen LogP contribution in [0, 0.1) is 23.7 Å². The van der Waals surface area contributed by atoms with Gasteiger partial charge in [-0.15, -0.1) is 0 Å². The van der Waals surface area contributed by atoms with Crippen molar-refractivity contribution in [3.8, 4) is 0 Å². The first kappa shape index (κ1) is 30.0. The number of ether oxygens (including phenoxy) is 3. The lowest BCUT2D eigenvalue weighted by Gasteiger charge is -2.59. The zero-order valence-electron chi connectivity index (χ0n) is 22.7. The van der Waals surface area contributed by atoms with Crippen LogP contribution < -0.4 is 10.6 Å². The Morgan fingerprint density at radius 1 is 1.05 bits per heavy atom.